The second-order valence-electron chi connectivity index (χ2n) is 5.65. The van der Waals surface area contributed by atoms with Crippen LogP contribution >= 0.6 is 0 Å². The molecule has 0 aromatic carbocycles. The summed E-state index contributed by atoms with van der Waals surface area (Å²) in [5.41, 5.74) is 2.98. The number of fused-ring (bicyclic) bond motifs is 2. The molecule has 106 valence electrons. The first kappa shape index (κ1) is 13.0. The topological polar surface area (TPSA) is 78.0 Å². The van der Waals surface area contributed by atoms with E-state index in [1.165, 1.54) is 12.8 Å². The van der Waals surface area contributed by atoms with E-state index in [0.29, 0.717) is 18.1 Å². The van der Waals surface area contributed by atoms with Crippen molar-refractivity contribution in [3.05, 3.63) is 12.2 Å². The Morgan fingerprint density at radius 1 is 1.58 bits per heavy atom. The van der Waals surface area contributed by atoms with Crippen molar-refractivity contribution >= 4 is 0 Å². The van der Waals surface area contributed by atoms with E-state index in [2.05, 4.69) is 22.4 Å². The molecule has 0 spiro atoms. The predicted octanol–water partition coefficient (Wildman–Crippen LogP) is 0.630. The Morgan fingerprint density at radius 3 is 3.11 bits per heavy atom. The third-order valence-corrected chi connectivity index (χ3v) is 4.42. The highest BCUT2D eigenvalue weighted by Gasteiger charge is 2.44. The fourth-order valence-electron chi connectivity index (χ4n) is 3.48. The summed E-state index contributed by atoms with van der Waals surface area (Å²) in [5, 5.41) is 4.27. The highest BCUT2D eigenvalue weighted by molar-refractivity contribution is 4.99. The highest BCUT2D eigenvalue weighted by atomic mass is 16.5. The van der Waals surface area contributed by atoms with E-state index >= 15 is 0 Å². The van der Waals surface area contributed by atoms with Crippen LogP contribution in [-0.4, -0.2) is 33.0 Å². The normalized spacial score (nSPS) is 30.9. The van der Waals surface area contributed by atoms with Gasteiger partial charge in [-0.2, -0.15) is 5.10 Å². The Hall–Kier alpha value is -0.980. The van der Waals surface area contributed by atoms with Gasteiger partial charge in [0.05, 0.1) is 12.2 Å². The lowest BCUT2D eigenvalue weighted by atomic mass is 9.82. The number of nitrogens with two attached hydrogens (primary N) is 1. The zero-order valence-corrected chi connectivity index (χ0v) is 11.5. The molecule has 0 aliphatic carbocycles. The van der Waals surface area contributed by atoms with Gasteiger partial charge in [-0.05, 0) is 25.7 Å². The van der Waals surface area contributed by atoms with Crippen LogP contribution in [0.1, 0.15) is 38.4 Å². The molecule has 1 aromatic heterocycles. The molecular weight excluding hydrogens is 242 g/mol. The Morgan fingerprint density at radius 2 is 2.47 bits per heavy atom. The molecule has 0 radical (unpaired) electrons. The maximum atomic E-state index is 5.93. The number of nitrogens with zero attached hydrogens (tertiary/aromatic N) is 3. The van der Waals surface area contributed by atoms with Crippen LogP contribution in [0.15, 0.2) is 6.33 Å². The van der Waals surface area contributed by atoms with Crippen molar-refractivity contribution in [2.24, 2.45) is 11.8 Å². The summed E-state index contributed by atoms with van der Waals surface area (Å²) >= 11 is 0. The van der Waals surface area contributed by atoms with Gasteiger partial charge in [0.25, 0.3) is 0 Å². The molecule has 4 unspecified atom stereocenters. The lowest BCUT2D eigenvalue weighted by Gasteiger charge is -2.27. The largest absolute Gasteiger partial charge is 0.375 e. The van der Waals surface area contributed by atoms with Crippen LogP contribution in [0.4, 0.5) is 0 Å². The third-order valence-electron chi connectivity index (χ3n) is 4.42. The molecule has 2 saturated heterocycles. The van der Waals surface area contributed by atoms with Crippen molar-refractivity contribution in [2.75, 3.05) is 0 Å². The first-order valence-corrected chi connectivity index (χ1v) is 7.30. The molecule has 2 bridgehead atoms. The van der Waals surface area contributed by atoms with Crippen LogP contribution < -0.4 is 11.3 Å². The summed E-state index contributed by atoms with van der Waals surface area (Å²) in [6.07, 6.45) is 7.88. The predicted molar refractivity (Wildman–Crippen MR) is 71.1 cm³/mol. The Balaban J connectivity index is 1.67. The van der Waals surface area contributed by atoms with E-state index in [9.17, 15) is 0 Å². The quantitative estimate of drug-likeness (QED) is 0.582. The summed E-state index contributed by atoms with van der Waals surface area (Å²) in [4.78, 5) is 4.37. The van der Waals surface area contributed by atoms with Crippen molar-refractivity contribution in [3.63, 3.8) is 0 Å². The van der Waals surface area contributed by atoms with Gasteiger partial charge in [0.1, 0.15) is 12.2 Å². The molecule has 3 N–H and O–H groups in total. The number of rotatable bonds is 6. The zero-order chi connectivity index (χ0) is 13.2. The number of hydrogen-bond acceptors (Lipinski definition) is 5. The summed E-state index contributed by atoms with van der Waals surface area (Å²) in [7, 11) is 0. The van der Waals surface area contributed by atoms with Crippen LogP contribution in [0.2, 0.25) is 0 Å². The van der Waals surface area contributed by atoms with Crippen molar-refractivity contribution in [1.82, 2.24) is 20.2 Å². The van der Waals surface area contributed by atoms with Gasteiger partial charge >= 0.3 is 0 Å². The standard InChI is InChI=1S/C13H23N5O/c1-2-5-18-13(15-8-16-18)7-11(17-14)10-6-9-3-4-12(10)19-9/h8-12,17H,2-7,14H2,1H3. The lowest BCUT2D eigenvalue weighted by molar-refractivity contribution is 0.0854. The lowest BCUT2D eigenvalue weighted by Crippen LogP contribution is -2.46. The van der Waals surface area contributed by atoms with E-state index in [1.807, 2.05) is 4.68 Å². The number of aromatic nitrogens is 3. The van der Waals surface area contributed by atoms with E-state index in [0.717, 1.165) is 31.6 Å². The van der Waals surface area contributed by atoms with Crippen molar-refractivity contribution < 1.29 is 4.74 Å². The second-order valence-corrected chi connectivity index (χ2v) is 5.65. The molecule has 3 heterocycles. The number of nitrogens with one attached hydrogen (secondary N) is 1. The van der Waals surface area contributed by atoms with Crippen molar-refractivity contribution in [1.29, 1.82) is 0 Å². The molecule has 2 aliphatic heterocycles. The number of ether oxygens (including phenoxy) is 1. The minimum Gasteiger partial charge on any atom is -0.375 e. The summed E-state index contributed by atoms with van der Waals surface area (Å²) in [6.45, 7) is 3.06. The molecule has 2 aliphatic rings. The molecule has 6 heteroatoms. The molecule has 0 amide bonds. The Kier molecular flexibility index (Phi) is 3.81. The Bertz CT molecular complexity index is 421. The van der Waals surface area contributed by atoms with E-state index in [1.54, 1.807) is 6.33 Å². The molecule has 3 rings (SSSR count). The average Bonchev–Trinajstić information content (AvgIpc) is 3.12. The number of hydrazine groups is 1. The second kappa shape index (κ2) is 5.56. The van der Waals surface area contributed by atoms with Gasteiger partial charge in [-0.1, -0.05) is 6.92 Å². The van der Waals surface area contributed by atoms with Crippen LogP contribution in [-0.2, 0) is 17.7 Å². The smallest absolute Gasteiger partial charge is 0.138 e. The maximum Gasteiger partial charge on any atom is 0.138 e. The van der Waals surface area contributed by atoms with E-state index < -0.39 is 0 Å². The van der Waals surface area contributed by atoms with Gasteiger partial charge in [0, 0.05) is 24.9 Å². The number of aryl methyl sites for hydroxylation is 1. The van der Waals surface area contributed by atoms with E-state index in [4.69, 9.17) is 10.6 Å². The summed E-state index contributed by atoms with van der Waals surface area (Å²) in [6, 6.07) is 0.232. The highest BCUT2D eigenvalue weighted by Crippen LogP contribution is 2.40. The van der Waals surface area contributed by atoms with Gasteiger partial charge in [-0.15, -0.1) is 0 Å². The van der Waals surface area contributed by atoms with Gasteiger partial charge in [0.2, 0.25) is 0 Å². The molecule has 0 saturated carbocycles. The SMILES string of the molecule is CCCn1ncnc1CC(NN)C1CC2CCC1O2. The van der Waals surface area contributed by atoms with Crippen molar-refractivity contribution in [3.8, 4) is 0 Å². The van der Waals surface area contributed by atoms with Crippen LogP contribution in [0.5, 0.6) is 0 Å². The minimum atomic E-state index is 0.232. The molecule has 2 fully saturated rings. The van der Waals surface area contributed by atoms with E-state index in [-0.39, 0.29) is 6.04 Å². The summed E-state index contributed by atoms with van der Waals surface area (Å²) < 4.78 is 7.91. The zero-order valence-electron chi connectivity index (χ0n) is 11.5. The third kappa shape index (κ3) is 2.52. The van der Waals surface area contributed by atoms with Crippen LogP contribution in [0, 0.1) is 5.92 Å². The molecule has 6 nitrogen and oxygen atoms in total. The first-order chi connectivity index (χ1) is 9.31. The summed E-state index contributed by atoms with van der Waals surface area (Å²) in [5.74, 6) is 7.29. The Labute approximate surface area is 113 Å². The van der Waals surface area contributed by atoms with Crippen LogP contribution in [0.3, 0.4) is 0 Å². The number of hydrogen-bond donors (Lipinski definition) is 2. The van der Waals surface area contributed by atoms with Gasteiger partial charge in [-0.3, -0.25) is 16.0 Å². The van der Waals surface area contributed by atoms with Gasteiger partial charge in [0.15, 0.2) is 0 Å². The van der Waals surface area contributed by atoms with Crippen molar-refractivity contribution in [2.45, 2.75) is 63.8 Å². The molecule has 1 aromatic rings. The van der Waals surface area contributed by atoms with Gasteiger partial charge < -0.3 is 4.74 Å². The molecule has 19 heavy (non-hydrogen) atoms. The van der Waals surface area contributed by atoms with Crippen LogP contribution in [0.25, 0.3) is 0 Å². The maximum absolute atomic E-state index is 5.93. The fourth-order valence-corrected chi connectivity index (χ4v) is 3.48. The monoisotopic (exact) mass is 265 g/mol. The molecule has 4 atom stereocenters. The fraction of sp³-hybridized carbons (Fsp3) is 0.846. The molecular formula is C13H23N5O. The first-order valence-electron chi connectivity index (χ1n) is 7.30. The van der Waals surface area contributed by atoms with Gasteiger partial charge in [-0.25, -0.2) is 4.98 Å². The minimum absolute atomic E-state index is 0.232. The average molecular weight is 265 g/mol.